The van der Waals surface area contributed by atoms with E-state index in [1.165, 1.54) is 14.2 Å². The van der Waals surface area contributed by atoms with Gasteiger partial charge in [-0.25, -0.2) is 4.98 Å². The summed E-state index contributed by atoms with van der Waals surface area (Å²) in [6, 6.07) is 6.89. The second-order valence-corrected chi connectivity index (χ2v) is 4.33. The maximum Gasteiger partial charge on any atom is 0.433 e. The maximum atomic E-state index is 13.2. The predicted octanol–water partition coefficient (Wildman–Crippen LogP) is 3.15. The molecule has 0 bridgehead atoms. The minimum atomic E-state index is -4.53. The average Bonchev–Trinajstić information content (AvgIpc) is 2.75. The highest BCUT2D eigenvalue weighted by Gasteiger charge is 2.39. The quantitative estimate of drug-likeness (QED) is 0.688. The number of ether oxygens (including phenoxy) is 1. The van der Waals surface area contributed by atoms with Gasteiger partial charge >= 0.3 is 6.18 Å². The van der Waals surface area contributed by atoms with Crippen molar-refractivity contribution >= 4 is 21.8 Å². The molecule has 0 aliphatic carbocycles. The molecule has 0 atom stereocenters. The predicted molar refractivity (Wildman–Crippen MR) is 67.6 cm³/mol. The fraction of sp³-hybridized carbons (Fsp3) is 0.231. The smallest absolute Gasteiger partial charge is 0.433 e. The second-order valence-electron chi connectivity index (χ2n) is 4.33. The van der Waals surface area contributed by atoms with E-state index in [1.54, 1.807) is 24.3 Å². The van der Waals surface area contributed by atoms with Gasteiger partial charge in [0.05, 0.1) is 18.0 Å². The van der Waals surface area contributed by atoms with E-state index >= 15 is 0 Å². The van der Waals surface area contributed by atoms with Crippen molar-refractivity contribution in [3.8, 4) is 5.88 Å². The lowest BCUT2D eigenvalue weighted by Gasteiger charge is -2.09. The van der Waals surface area contributed by atoms with Gasteiger partial charge in [0.1, 0.15) is 5.52 Å². The Bertz CT molecular complexity index is 808. The van der Waals surface area contributed by atoms with Crippen LogP contribution in [-0.2, 0) is 13.2 Å². The van der Waals surface area contributed by atoms with Crippen LogP contribution in [0.25, 0.3) is 21.8 Å². The number of hydrogen-bond donors (Lipinski definition) is 0. The van der Waals surface area contributed by atoms with Gasteiger partial charge in [-0.1, -0.05) is 18.2 Å². The van der Waals surface area contributed by atoms with E-state index in [-0.39, 0.29) is 16.8 Å². The number of para-hydroxylation sites is 1. The SMILES string of the molecule is COc1nc2ccccc2c2nn(C)c(C(F)(F)F)c12. The topological polar surface area (TPSA) is 39.9 Å². The lowest BCUT2D eigenvalue weighted by atomic mass is 10.1. The number of aryl methyl sites for hydroxylation is 1. The molecule has 0 N–H and O–H groups in total. The zero-order valence-electron chi connectivity index (χ0n) is 10.7. The molecular weight excluding hydrogens is 271 g/mol. The highest BCUT2D eigenvalue weighted by atomic mass is 19.4. The Labute approximate surface area is 111 Å². The fourth-order valence-electron chi connectivity index (χ4n) is 2.32. The number of aromatic nitrogens is 3. The first kappa shape index (κ1) is 12.7. The van der Waals surface area contributed by atoms with Gasteiger partial charge in [-0.05, 0) is 6.07 Å². The normalized spacial score (nSPS) is 12.2. The number of halogens is 3. The van der Waals surface area contributed by atoms with Gasteiger partial charge in [-0.2, -0.15) is 18.3 Å². The van der Waals surface area contributed by atoms with Crippen molar-refractivity contribution < 1.29 is 17.9 Å². The van der Waals surface area contributed by atoms with Crippen LogP contribution in [0.5, 0.6) is 5.88 Å². The zero-order valence-corrected chi connectivity index (χ0v) is 10.7. The van der Waals surface area contributed by atoms with Gasteiger partial charge in [0.25, 0.3) is 0 Å². The summed E-state index contributed by atoms with van der Waals surface area (Å²) in [7, 11) is 2.56. The molecule has 0 spiro atoms. The number of benzene rings is 1. The van der Waals surface area contributed by atoms with Crippen LogP contribution in [0.3, 0.4) is 0 Å². The maximum absolute atomic E-state index is 13.2. The van der Waals surface area contributed by atoms with Crippen molar-refractivity contribution in [1.29, 1.82) is 0 Å². The van der Waals surface area contributed by atoms with Gasteiger partial charge in [0, 0.05) is 12.4 Å². The van der Waals surface area contributed by atoms with E-state index in [1.807, 2.05) is 0 Å². The largest absolute Gasteiger partial charge is 0.480 e. The van der Waals surface area contributed by atoms with Crippen LogP contribution in [0.1, 0.15) is 5.69 Å². The number of pyridine rings is 1. The first-order valence-electron chi connectivity index (χ1n) is 5.80. The van der Waals surface area contributed by atoms with Gasteiger partial charge in [-0.15, -0.1) is 0 Å². The molecule has 0 saturated carbocycles. The molecule has 7 heteroatoms. The molecule has 0 radical (unpaired) electrons. The van der Waals surface area contributed by atoms with Crippen LogP contribution in [0, 0.1) is 0 Å². The summed E-state index contributed by atoms with van der Waals surface area (Å²) in [5, 5.41) is 4.45. The van der Waals surface area contributed by atoms with E-state index in [0.29, 0.717) is 10.9 Å². The molecule has 4 nitrogen and oxygen atoms in total. The molecule has 2 aromatic heterocycles. The third-order valence-corrected chi connectivity index (χ3v) is 3.10. The second kappa shape index (κ2) is 4.09. The zero-order chi connectivity index (χ0) is 14.5. The Morgan fingerprint density at radius 1 is 1.20 bits per heavy atom. The van der Waals surface area contributed by atoms with Gasteiger partial charge in [0.15, 0.2) is 5.69 Å². The van der Waals surface area contributed by atoms with E-state index in [2.05, 4.69) is 10.1 Å². The van der Waals surface area contributed by atoms with Crippen LogP contribution in [0.15, 0.2) is 24.3 Å². The van der Waals surface area contributed by atoms with Crippen LogP contribution >= 0.6 is 0 Å². The molecule has 3 aromatic rings. The van der Waals surface area contributed by atoms with Crippen molar-refractivity contribution in [2.75, 3.05) is 7.11 Å². The first-order chi connectivity index (χ1) is 9.43. The summed E-state index contributed by atoms with van der Waals surface area (Å²) in [5.74, 6) is -0.0703. The van der Waals surface area contributed by atoms with Crippen molar-refractivity contribution in [2.24, 2.45) is 7.05 Å². The molecule has 0 aliphatic heterocycles. The summed E-state index contributed by atoms with van der Waals surface area (Å²) < 4.78 is 45.4. The number of methoxy groups -OCH3 is 1. The number of nitrogens with zero attached hydrogens (tertiary/aromatic N) is 3. The van der Waals surface area contributed by atoms with E-state index < -0.39 is 11.9 Å². The third kappa shape index (κ3) is 1.70. The molecule has 0 aliphatic rings. The summed E-state index contributed by atoms with van der Waals surface area (Å²) >= 11 is 0. The molecular formula is C13H10F3N3O. The molecule has 0 fully saturated rings. The standard InChI is InChI=1S/C13H10F3N3O/c1-19-11(13(14,15)16)9-10(18-19)7-5-3-4-6-8(7)17-12(9)20-2/h3-6H,1-2H3. The molecule has 104 valence electrons. The molecule has 0 saturated heterocycles. The molecule has 0 unspecified atom stereocenters. The fourth-order valence-corrected chi connectivity index (χ4v) is 2.32. The minimum Gasteiger partial charge on any atom is -0.480 e. The molecule has 2 heterocycles. The lowest BCUT2D eigenvalue weighted by molar-refractivity contribution is -0.142. The summed E-state index contributed by atoms with van der Waals surface area (Å²) in [6.45, 7) is 0. The van der Waals surface area contributed by atoms with Crippen LogP contribution in [-0.4, -0.2) is 21.9 Å². The number of alkyl halides is 3. The van der Waals surface area contributed by atoms with Crippen LogP contribution in [0.2, 0.25) is 0 Å². The molecule has 0 amide bonds. The average molecular weight is 281 g/mol. The summed E-state index contributed by atoms with van der Waals surface area (Å²) in [5.41, 5.74) is -0.0754. The van der Waals surface area contributed by atoms with Gasteiger partial charge < -0.3 is 4.74 Å². The van der Waals surface area contributed by atoms with Gasteiger partial charge in [-0.3, -0.25) is 4.68 Å². The molecule has 20 heavy (non-hydrogen) atoms. The molecule has 1 aromatic carbocycles. The van der Waals surface area contributed by atoms with Gasteiger partial charge in [0.2, 0.25) is 5.88 Å². The van der Waals surface area contributed by atoms with E-state index in [9.17, 15) is 13.2 Å². The highest BCUT2D eigenvalue weighted by Crippen LogP contribution is 2.40. The van der Waals surface area contributed by atoms with Crippen molar-refractivity contribution in [3.63, 3.8) is 0 Å². The molecule has 3 rings (SSSR count). The third-order valence-electron chi connectivity index (χ3n) is 3.10. The van der Waals surface area contributed by atoms with Crippen molar-refractivity contribution in [2.45, 2.75) is 6.18 Å². The number of hydrogen-bond acceptors (Lipinski definition) is 3. The Morgan fingerprint density at radius 3 is 2.55 bits per heavy atom. The highest BCUT2D eigenvalue weighted by molar-refractivity contribution is 6.06. The van der Waals surface area contributed by atoms with Crippen molar-refractivity contribution in [3.05, 3.63) is 30.0 Å². The monoisotopic (exact) mass is 281 g/mol. The van der Waals surface area contributed by atoms with E-state index in [0.717, 1.165) is 4.68 Å². The Balaban J connectivity index is 2.56. The lowest BCUT2D eigenvalue weighted by Crippen LogP contribution is -2.12. The number of rotatable bonds is 1. The van der Waals surface area contributed by atoms with Crippen molar-refractivity contribution in [1.82, 2.24) is 14.8 Å². The Kier molecular flexibility index (Phi) is 2.60. The Morgan fingerprint density at radius 2 is 1.90 bits per heavy atom. The van der Waals surface area contributed by atoms with Crippen LogP contribution in [0.4, 0.5) is 13.2 Å². The summed E-state index contributed by atoms with van der Waals surface area (Å²) in [4.78, 5) is 4.13. The van der Waals surface area contributed by atoms with Crippen LogP contribution < -0.4 is 4.74 Å². The first-order valence-corrected chi connectivity index (χ1v) is 5.80. The minimum absolute atomic E-state index is 0.0703. The number of fused-ring (bicyclic) bond motifs is 3. The Hall–Kier alpha value is -2.31. The summed E-state index contributed by atoms with van der Waals surface area (Å²) in [6.07, 6.45) is -4.53. The van der Waals surface area contributed by atoms with E-state index in [4.69, 9.17) is 4.74 Å².